The maximum atomic E-state index is 4.34. The Kier molecular flexibility index (Phi) is 4.38. The lowest BCUT2D eigenvalue weighted by atomic mass is 10.1. The molecule has 0 aliphatic carbocycles. The van der Waals surface area contributed by atoms with Gasteiger partial charge >= 0.3 is 0 Å². The van der Waals surface area contributed by atoms with Crippen molar-refractivity contribution < 1.29 is 0 Å². The van der Waals surface area contributed by atoms with Crippen LogP contribution in [0.15, 0.2) is 54.2 Å². The van der Waals surface area contributed by atoms with Crippen LogP contribution >= 0.6 is 11.3 Å². The molecule has 0 bridgehead atoms. The van der Waals surface area contributed by atoms with Crippen molar-refractivity contribution in [1.29, 1.82) is 0 Å². The van der Waals surface area contributed by atoms with E-state index in [1.54, 1.807) is 17.5 Å². The highest BCUT2D eigenvalue weighted by atomic mass is 32.1. The van der Waals surface area contributed by atoms with Gasteiger partial charge in [-0.1, -0.05) is 30.3 Å². The van der Waals surface area contributed by atoms with Gasteiger partial charge in [0.25, 0.3) is 0 Å². The van der Waals surface area contributed by atoms with Crippen molar-refractivity contribution in [2.24, 2.45) is 0 Å². The molecule has 3 aromatic rings. The number of hydrogen-bond donors (Lipinski definition) is 1. The molecule has 2 aromatic heterocycles. The first-order valence-electron chi connectivity index (χ1n) is 6.92. The van der Waals surface area contributed by atoms with Crippen LogP contribution in [0.4, 0.5) is 0 Å². The highest BCUT2D eigenvalue weighted by molar-refractivity contribution is 7.10. The summed E-state index contributed by atoms with van der Waals surface area (Å²) < 4.78 is 0. The molecule has 0 aliphatic heterocycles. The van der Waals surface area contributed by atoms with Gasteiger partial charge in [-0.05, 0) is 29.5 Å². The first-order chi connectivity index (χ1) is 10.3. The minimum absolute atomic E-state index is 0.742. The number of hydrogen-bond acceptors (Lipinski definition) is 4. The molecule has 21 heavy (non-hydrogen) atoms. The van der Waals surface area contributed by atoms with E-state index in [4.69, 9.17) is 0 Å². The third-order valence-corrected chi connectivity index (χ3v) is 4.14. The molecule has 3 rings (SSSR count). The van der Waals surface area contributed by atoms with Gasteiger partial charge in [0.15, 0.2) is 0 Å². The zero-order chi connectivity index (χ0) is 14.5. The Morgan fingerprint density at radius 3 is 2.62 bits per heavy atom. The molecule has 0 spiro atoms. The average molecular weight is 295 g/mol. The van der Waals surface area contributed by atoms with E-state index in [1.807, 2.05) is 19.2 Å². The number of rotatable bonds is 5. The van der Waals surface area contributed by atoms with Crippen LogP contribution in [0.2, 0.25) is 0 Å². The fraction of sp³-hybridized carbons (Fsp3) is 0.176. The summed E-state index contributed by atoms with van der Waals surface area (Å²) in [7, 11) is 0. The summed E-state index contributed by atoms with van der Waals surface area (Å²) in [6.07, 6.45) is 3.63. The van der Waals surface area contributed by atoms with Gasteiger partial charge in [0.05, 0.1) is 11.4 Å². The van der Waals surface area contributed by atoms with Gasteiger partial charge in [0, 0.05) is 30.4 Å². The molecule has 1 N–H and O–H groups in total. The quantitative estimate of drug-likeness (QED) is 0.778. The van der Waals surface area contributed by atoms with Crippen molar-refractivity contribution in [3.63, 3.8) is 0 Å². The van der Waals surface area contributed by atoms with Crippen LogP contribution in [0.5, 0.6) is 0 Å². The van der Waals surface area contributed by atoms with E-state index in [2.05, 4.69) is 51.0 Å². The van der Waals surface area contributed by atoms with E-state index < -0.39 is 0 Å². The third kappa shape index (κ3) is 3.74. The summed E-state index contributed by atoms with van der Waals surface area (Å²) in [6.45, 7) is 3.54. The van der Waals surface area contributed by atoms with Crippen LogP contribution in [-0.4, -0.2) is 9.97 Å². The van der Waals surface area contributed by atoms with E-state index in [-0.39, 0.29) is 0 Å². The molecular formula is C17H17N3S. The summed E-state index contributed by atoms with van der Waals surface area (Å²) in [5.41, 5.74) is 4.47. The maximum Gasteiger partial charge on any atom is 0.0724 e. The number of nitrogens with zero attached hydrogens (tertiary/aromatic N) is 2. The minimum atomic E-state index is 0.742. The van der Waals surface area contributed by atoms with E-state index in [1.165, 1.54) is 16.0 Å². The monoisotopic (exact) mass is 295 g/mol. The average Bonchev–Trinajstić information content (AvgIpc) is 2.99. The van der Waals surface area contributed by atoms with Crippen molar-refractivity contribution in [3.05, 3.63) is 70.4 Å². The smallest absolute Gasteiger partial charge is 0.0724 e. The topological polar surface area (TPSA) is 37.8 Å². The van der Waals surface area contributed by atoms with Gasteiger partial charge in [-0.3, -0.25) is 9.97 Å². The first kappa shape index (κ1) is 13.9. The van der Waals surface area contributed by atoms with Crippen LogP contribution in [-0.2, 0) is 13.1 Å². The lowest BCUT2D eigenvalue weighted by Gasteiger charge is -2.02. The highest BCUT2D eigenvalue weighted by Gasteiger charge is 2.02. The molecule has 0 aliphatic rings. The number of thiophene rings is 1. The Labute approximate surface area is 128 Å². The van der Waals surface area contributed by atoms with Crippen LogP contribution in [0, 0.1) is 6.92 Å². The van der Waals surface area contributed by atoms with E-state index >= 15 is 0 Å². The van der Waals surface area contributed by atoms with Crippen LogP contribution < -0.4 is 5.32 Å². The number of aromatic nitrogens is 2. The molecule has 4 heteroatoms. The van der Waals surface area contributed by atoms with Gasteiger partial charge < -0.3 is 5.32 Å². The Morgan fingerprint density at radius 2 is 1.86 bits per heavy atom. The van der Waals surface area contributed by atoms with Crippen LogP contribution in [0.25, 0.3) is 11.1 Å². The SMILES string of the molecule is Cc1cnc(CNCc2cc(-c3ccccc3)cs2)cn1. The second-order valence-electron chi connectivity index (χ2n) is 4.92. The summed E-state index contributed by atoms with van der Waals surface area (Å²) >= 11 is 1.78. The third-order valence-electron chi connectivity index (χ3n) is 3.20. The van der Waals surface area contributed by atoms with Crippen molar-refractivity contribution >= 4 is 11.3 Å². The van der Waals surface area contributed by atoms with Gasteiger partial charge in [0.2, 0.25) is 0 Å². The molecule has 0 amide bonds. The second kappa shape index (κ2) is 6.61. The number of benzene rings is 1. The fourth-order valence-corrected chi connectivity index (χ4v) is 2.94. The standard InChI is InChI=1S/C17H17N3S/c1-13-8-20-16(10-19-13)9-18-11-17-7-15(12-21-17)14-5-3-2-4-6-14/h2-8,10,12,18H,9,11H2,1H3. The summed E-state index contributed by atoms with van der Waals surface area (Å²) in [6, 6.07) is 12.7. The predicted octanol–water partition coefficient (Wildman–Crippen LogP) is 3.80. The zero-order valence-electron chi connectivity index (χ0n) is 11.9. The molecule has 3 nitrogen and oxygen atoms in total. The molecular weight excluding hydrogens is 278 g/mol. The number of aryl methyl sites for hydroxylation is 1. The van der Waals surface area contributed by atoms with Crippen molar-refractivity contribution in [3.8, 4) is 11.1 Å². The second-order valence-corrected chi connectivity index (χ2v) is 5.92. The highest BCUT2D eigenvalue weighted by Crippen LogP contribution is 2.25. The molecule has 0 radical (unpaired) electrons. The van der Waals surface area contributed by atoms with Gasteiger partial charge in [-0.2, -0.15) is 0 Å². The van der Waals surface area contributed by atoms with Crippen LogP contribution in [0.1, 0.15) is 16.3 Å². The Hall–Kier alpha value is -2.04. The summed E-state index contributed by atoms with van der Waals surface area (Å²) in [4.78, 5) is 9.92. The molecule has 0 unspecified atom stereocenters. The first-order valence-corrected chi connectivity index (χ1v) is 7.80. The zero-order valence-corrected chi connectivity index (χ0v) is 12.7. The number of nitrogens with one attached hydrogen (secondary N) is 1. The molecule has 106 valence electrons. The Morgan fingerprint density at radius 1 is 1.00 bits per heavy atom. The lowest BCUT2D eigenvalue weighted by Crippen LogP contribution is -2.13. The predicted molar refractivity (Wildman–Crippen MR) is 87.1 cm³/mol. The summed E-state index contributed by atoms with van der Waals surface area (Å²) in [5, 5.41) is 5.62. The molecule has 0 fully saturated rings. The molecule has 0 saturated carbocycles. The largest absolute Gasteiger partial charge is 0.306 e. The van der Waals surface area contributed by atoms with Gasteiger partial charge in [-0.25, -0.2) is 0 Å². The maximum absolute atomic E-state index is 4.34. The van der Waals surface area contributed by atoms with E-state index in [0.29, 0.717) is 0 Å². The molecule has 1 aromatic carbocycles. The minimum Gasteiger partial charge on any atom is -0.306 e. The van der Waals surface area contributed by atoms with Crippen molar-refractivity contribution in [2.75, 3.05) is 0 Å². The normalized spacial score (nSPS) is 10.7. The van der Waals surface area contributed by atoms with Gasteiger partial charge in [0.1, 0.15) is 0 Å². The van der Waals surface area contributed by atoms with Crippen molar-refractivity contribution in [1.82, 2.24) is 15.3 Å². The Balaban J connectivity index is 1.57. The molecule has 0 saturated heterocycles. The Bertz CT molecular complexity index is 690. The van der Waals surface area contributed by atoms with E-state index in [0.717, 1.165) is 24.5 Å². The van der Waals surface area contributed by atoms with Gasteiger partial charge in [-0.15, -0.1) is 11.3 Å². The lowest BCUT2D eigenvalue weighted by molar-refractivity contribution is 0.682. The summed E-state index contributed by atoms with van der Waals surface area (Å²) in [5.74, 6) is 0. The van der Waals surface area contributed by atoms with Crippen LogP contribution in [0.3, 0.4) is 0 Å². The van der Waals surface area contributed by atoms with E-state index in [9.17, 15) is 0 Å². The molecule has 0 atom stereocenters. The molecule has 2 heterocycles. The van der Waals surface area contributed by atoms with Crippen molar-refractivity contribution in [2.45, 2.75) is 20.0 Å². The fourth-order valence-electron chi connectivity index (χ4n) is 2.08.